The lowest BCUT2D eigenvalue weighted by atomic mass is 10.1. The van der Waals surface area contributed by atoms with Gasteiger partial charge in [0.15, 0.2) is 0 Å². The molecule has 0 saturated carbocycles. The maximum absolute atomic E-state index is 10.7. The van der Waals surface area contributed by atoms with Crippen molar-refractivity contribution in [3.8, 4) is 0 Å². The molecule has 14 heavy (non-hydrogen) atoms. The fourth-order valence-electron chi connectivity index (χ4n) is 1.09. The molecule has 3 unspecified atom stereocenters. The van der Waals surface area contributed by atoms with Crippen LogP contribution in [0.2, 0.25) is 0 Å². The highest BCUT2D eigenvalue weighted by atomic mass is 16.7. The number of aliphatic hydroxyl groups is 1. The molecule has 84 valence electrons. The molecule has 0 bridgehead atoms. The van der Waals surface area contributed by atoms with E-state index in [-0.39, 0.29) is 0 Å². The van der Waals surface area contributed by atoms with E-state index in [0.717, 1.165) is 0 Å². The number of hydrogen-bond donors (Lipinski definition) is 1. The molecule has 0 aromatic heterocycles. The van der Waals surface area contributed by atoms with Crippen LogP contribution in [-0.4, -0.2) is 43.8 Å². The minimum atomic E-state index is -0.868. The summed E-state index contributed by atoms with van der Waals surface area (Å²) >= 11 is 0. The first-order valence-electron chi connectivity index (χ1n) is 4.47. The van der Waals surface area contributed by atoms with Crippen LogP contribution in [-0.2, 0) is 19.0 Å². The predicted octanol–water partition coefficient (Wildman–Crippen LogP) is 0.308. The highest BCUT2D eigenvalue weighted by Gasteiger charge is 2.29. The standard InChI is InChI=1S/C9H18O5/c1-5-7(11)8(12-3)9(13-4)14-6(2)10/h7-9,11H,5H2,1-4H3. The van der Waals surface area contributed by atoms with Gasteiger partial charge in [-0.05, 0) is 6.42 Å². The van der Waals surface area contributed by atoms with Crippen LogP contribution in [0.3, 0.4) is 0 Å². The molecule has 0 aliphatic carbocycles. The molecule has 0 radical (unpaired) electrons. The number of aliphatic hydroxyl groups excluding tert-OH is 1. The Kier molecular flexibility index (Phi) is 6.44. The van der Waals surface area contributed by atoms with Crippen LogP contribution in [0.5, 0.6) is 0 Å². The van der Waals surface area contributed by atoms with Crippen LogP contribution in [0.15, 0.2) is 0 Å². The maximum atomic E-state index is 10.7. The van der Waals surface area contributed by atoms with Crippen molar-refractivity contribution in [1.29, 1.82) is 0 Å². The molecule has 0 saturated heterocycles. The minimum absolute atomic E-state index is 0.470. The third-order valence-electron chi connectivity index (χ3n) is 1.85. The van der Waals surface area contributed by atoms with Crippen LogP contribution in [0.4, 0.5) is 0 Å². The maximum Gasteiger partial charge on any atom is 0.305 e. The van der Waals surface area contributed by atoms with E-state index in [0.29, 0.717) is 6.42 Å². The lowest BCUT2D eigenvalue weighted by molar-refractivity contribution is -0.212. The molecule has 0 aromatic rings. The van der Waals surface area contributed by atoms with E-state index in [2.05, 4.69) is 0 Å². The average Bonchev–Trinajstić information content (AvgIpc) is 2.16. The van der Waals surface area contributed by atoms with E-state index < -0.39 is 24.5 Å². The van der Waals surface area contributed by atoms with Crippen LogP contribution in [0.1, 0.15) is 20.3 Å². The molecule has 0 amide bonds. The zero-order valence-electron chi connectivity index (χ0n) is 9.02. The first kappa shape index (κ1) is 13.4. The Labute approximate surface area is 84.0 Å². The van der Waals surface area contributed by atoms with Crippen molar-refractivity contribution >= 4 is 5.97 Å². The average molecular weight is 206 g/mol. The highest BCUT2D eigenvalue weighted by molar-refractivity contribution is 5.66. The number of methoxy groups -OCH3 is 2. The molecule has 0 fully saturated rings. The van der Waals surface area contributed by atoms with Crippen LogP contribution >= 0.6 is 0 Å². The second-order valence-electron chi connectivity index (χ2n) is 2.89. The normalized spacial score (nSPS) is 17.2. The fourth-order valence-corrected chi connectivity index (χ4v) is 1.09. The zero-order valence-corrected chi connectivity index (χ0v) is 9.02. The van der Waals surface area contributed by atoms with Gasteiger partial charge in [-0.25, -0.2) is 0 Å². The van der Waals surface area contributed by atoms with Crippen molar-refractivity contribution in [2.45, 2.75) is 38.8 Å². The summed E-state index contributed by atoms with van der Waals surface area (Å²) in [4.78, 5) is 10.7. The van der Waals surface area contributed by atoms with Crippen molar-refractivity contribution in [2.24, 2.45) is 0 Å². The van der Waals surface area contributed by atoms with Gasteiger partial charge in [-0.15, -0.1) is 0 Å². The molecular weight excluding hydrogens is 188 g/mol. The summed E-state index contributed by atoms with van der Waals surface area (Å²) in [5, 5.41) is 9.54. The molecule has 0 aliphatic rings. The van der Waals surface area contributed by atoms with E-state index in [9.17, 15) is 9.90 Å². The monoisotopic (exact) mass is 206 g/mol. The molecule has 3 atom stereocenters. The summed E-state index contributed by atoms with van der Waals surface area (Å²) < 4.78 is 14.7. The smallest absolute Gasteiger partial charge is 0.305 e. The van der Waals surface area contributed by atoms with Gasteiger partial charge in [-0.3, -0.25) is 4.79 Å². The molecule has 1 N–H and O–H groups in total. The van der Waals surface area contributed by atoms with E-state index in [1.165, 1.54) is 21.1 Å². The summed E-state index contributed by atoms with van der Waals surface area (Å²) in [7, 11) is 2.82. The Balaban J connectivity index is 4.35. The second-order valence-corrected chi connectivity index (χ2v) is 2.89. The van der Waals surface area contributed by atoms with E-state index in [1.54, 1.807) is 6.92 Å². The number of hydrogen-bond acceptors (Lipinski definition) is 5. The van der Waals surface area contributed by atoms with E-state index in [1.807, 2.05) is 0 Å². The van der Waals surface area contributed by atoms with Gasteiger partial charge < -0.3 is 19.3 Å². The van der Waals surface area contributed by atoms with Crippen molar-refractivity contribution < 1.29 is 24.1 Å². The largest absolute Gasteiger partial charge is 0.433 e. The number of carbonyl (C=O) groups excluding carboxylic acids is 1. The zero-order chi connectivity index (χ0) is 11.1. The molecule has 0 spiro atoms. The molecule has 0 aromatic carbocycles. The van der Waals surface area contributed by atoms with Gasteiger partial charge in [0.25, 0.3) is 0 Å². The van der Waals surface area contributed by atoms with Crippen molar-refractivity contribution in [3.63, 3.8) is 0 Å². The Bertz CT molecular complexity index is 171. The number of carbonyl (C=O) groups is 1. The van der Waals surface area contributed by atoms with Crippen LogP contribution in [0, 0.1) is 0 Å². The summed E-state index contributed by atoms with van der Waals surface area (Å²) in [6.07, 6.45) is -1.75. The SMILES string of the molecule is CCC(O)C(OC)C(OC)OC(C)=O. The van der Waals surface area contributed by atoms with Gasteiger partial charge in [-0.1, -0.05) is 6.92 Å². The fraction of sp³-hybridized carbons (Fsp3) is 0.889. The summed E-state index contributed by atoms with van der Waals surface area (Å²) in [5.41, 5.74) is 0. The van der Waals surface area contributed by atoms with Crippen LogP contribution < -0.4 is 0 Å². The Hall–Kier alpha value is -0.650. The van der Waals surface area contributed by atoms with Gasteiger partial charge in [0.05, 0.1) is 6.10 Å². The van der Waals surface area contributed by atoms with Gasteiger partial charge >= 0.3 is 5.97 Å². The summed E-state index contributed by atoms with van der Waals surface area (Å²) in [6.45, 7) is 3.08. The predicted molar refractivity (Wildman–Crippen MR) is 49.7 cm³/mol. The van der Waals surface area contributed by atoms with Crippen LogP contribution in [0.25, 0.3) is 0 Å². The number of esters is 1. The van der Waals surface area contributed by atoms with Crippen molar-refractivity contribution in [3.05, 3.63) is 0 Å². The van der Waals surface area contributed by atoms with Crippen molar-refractivity contribution in [2.75, 3.05) is 14.2 Å². The molecule has 0 aliphatic heterocycles. The first-order chi connectivity index (χ1) is 6.56. The molecule has 0 heterocycles. The third kappa shape index (κ3) is 4.04. The topological polar surface area (TPSA) is 65.0 Å². The minimum Gasteiger partial charge on any atom is -0.433 e. The van der Waals surface area contributed by atoms with E-state index in [4.69, 9.17) is 14.2 Å². The van der Waals surface area contributed by atoms with Gasteiger partial charge in [0, 0.05) is 21.1 Å². The number of rotatable bonds is 6. The summed E-state index contributed by atoms with van der Waals surface area (Å²) in [5.74, 6) is -0.470. The lowest BCUT2D eigenvalue weighted by Gasteiger charge is -2.27. The van der Waals surface area contributed by atoms with Gasteiger partial charge in [0.1, 0.15) is 6.10 Å². The molecular formula is C9H18O5. The van der Waals surface area contributed by atoms with Gasteiger partial charge in [-0.2, -0.15) is 0 Å². The molecule has 0 rings (SSSR count). The molecule has 5 nitrogen and oxygen atoms in total. The van der Waals surface area contributed by atoms with Gasteiger partial charge in [0.2, 0.25) is 6.29 Å². The Morgan fingerprint density at radius 2 is 1.93 bits per heavy atom. The quantitative estimate of drug-likeness (QED) is 0.500. The van der Waals surface area contributed by atoms with E-state index >= 15 is 0 Å². The first-order valence-corrected chi connectivity index (χ1v) is 4.47. The molecule has 5 heteroatoms. The summed E-state index contributed by atoms with van der Waals surface area (Å²) in [6, 6.07) is 0. The number of ether oxygens (including phenoxy) is 3. The highest BCUT2D eigenvalue weighted by Crippen LogP contribution is 2.11. The lowest BCUT2D eigenvalue weighted by Crippen LogP contribution is -2.42. The second kappa shape index (κ2) is 6.75. The Morgan fingerprint density at radius 3 is 2.21 bits per heavy atom. The third-order valence-corrected chi connectivity index (χ3v) is 1.85. The van der Waals surface area contributed by atoms with Crippen molar-refractivity contribution in [1.82, 2.24) is 0 Å². The Morgan fingerprint density at radius 1 is 1.36 bits per heavy atom.